The highest BCUT2D eigenvalue weighted by atomic mass is 16.2. The predicted octanol–water partition coefficient (Wildman–Crippen LogP) is 1.87. The van der Waals surface area contributed by atoms with E-state index in [4.69, 9.17) is 0 Å². The second-order valence-corrected chi connectivity index (χ2v) is 8.09. The number of nitrogens with zero attached hydrogens (tertiary/aromatic N) is 1. The number of benzene rings is 2. The molecule has 4 atom stereocenters. The molecule has 144 valence electrons. The van der Waals surface area contributed by atoms with Gasteiger partial charge in [0.1, 0.15) is 0 Å². The molecule has 1 aliphatic heterocycles. The zero-order chi connectivity index (χ0) is 19.7. The van der Waals surface area contributed by atoms with Gasteiger partial charge in [0.2, 0.25) is 11.8 Å². The van der Waals surface area contributed by atoms with E-state index in [1.54, 1.807) is 0 Å². The molecule has 1 heterocycles. The van der Waals surface area contributed by atoms with Gasteiger partial charge in [-0.25, -0.2) is 0 Å². The molecule has 2 aliphatic rings. The lowest BCUT2D eigenvalue weighted by Crippen LogP contribution is -3.06. The van der Waals surface area contributed by atoms with Crippen molar-refractivity contribution in [3.05, 3.63) is 83.9 Å². The largest absolute Gasteiger partial charge is 0.338 e. The smallest absolute Gasteiger partial charge is 0.234 e. The highest BCUT2D eigenvalue weighted by Gasteiger charge is 2.54. The SMILES string of the molecule is C[NH+](C)CCN1C(=O)[C@@H]2[C@H](C1=O)[C@@H](c1ccccc1)C=C[C@@H]2c1ccccc1. The highest BCUT2D eigenvalue weighted by molar-refractivity contribution is 6.06. The Balaban J connectivity index is 1.75. The molecule has 0 bridgehead atoms. The van der Waals surface area contributed by atoms with Crippen LogP contribution in [0.1, 0.15) is 23.0 Å². The van der Waals surface area contributed by atoms with E-state index >= 15 is 0 Å². The van der Waals surface area contributed by atoms with Crippen molar-refractivity contribution < 1.29 is 14.5 Å². The zero-order valence-electron chi connectivity index (χ0n) is 16.4. The summed E-state index contributed by atoms with van der Waals surface area (Å²) in [4.78, 5) is 29.5. The molecule has 4 heteroatoms. The maximum atomic E-state index is 13.4. The van der Waals surface area contributed by atoms with Gasteiger partial charge in [-0.3, -0.25) is 14.5 Å². The van der Waals surface area contributed by atoms with Gasteiger partial charge in [0, 0.05) is 11.8 Å². The standard InChI is InChI=1S/C24H26N2O2/c1-25(2)15-16-26-23(27)21-19(17-9-5-3-6-10-17)13-14-20(22(21)24(26)28)18-11-7-4-8-12-18/h3-14,19-22H,15-16H2,1-2H3/p+1/t19-,20-,21-,22+/m1/s1. The Labute approximate surface area is 166 Å². The molecular formula is C24H27N2O2+. The summed E-state index contributed by atoms with van der Waals surface area (Å²) in [6, 6.07) is 20.2. The van der Waals surface area contributed by atoms with Crippen molar-refractivity contribution in [3.8, 4) is 0 Å². The van der Waals surface area contributed by atoms with E-state index in [1.807, 2.05) is 50.5 Å². The first-order valence-corrected chi connectivity index (χ1v) is 10.0. The third-order valence-corrected chi connectivity index (χ3v) is 5.99. The van der Waals surface area contributed by atoms with E-state index in [1.165, 1.54) is 9.80 Å². The number of likely N-dealkylation sites (N-methyl/N-ethyl adjacent to an activating group) is 1. The molecule has 1 saturated heterocycles. The van der Waals surface area contributed by atoms with Crippen molar-refractivity contribution >= 4 is 11.8 Å². The number of likely N-dealkylation sites (tertiary alicyclic amines) is 1. The van der Waals surface area contributed by atoms with Crippen LogP contribution in [0.5, 0.6) is 0 Å². The minimum Gasteiger partial charge on any atom is -0.338 e. The van der Waals surface area contributed by atoms with Crippen LogP contribution in [0.4, 0.5) is 0 Å². The number of carbonyl (C=O) groups excluding carboxylic acids is 2. The summed E-state index contributed by atoms with van der Waals surface area (Å²) in [5, 5.41) is 0. The first-order chi connectivity index (χ1) is 13.6. The monoisotopic (exact) mass is 375 g/mol. The fourth-order valence-electron chi connectivity index (χ4n) is 4.55. The predicted molar refractivity (Wildman–Crippen MR) is 109 cm³/mol. The number of nitrogens with one attached hydrogen (secondary N) is 1. The van der Waals surface area contributed by atoms with Crippen molar-refractivity contribution in [2.45, 2.75) is 11.8 Å². The number of imide groups is 1. The summed E-state index contributed by atoms with van der Waals surface area (Å²) in [7, 11) is 4.08. The lowest BCUT2D eigenvalue weighted by molar-refractivity contribution is -0.857. The van der Waals surface area contributed by atoms with Crippen molar-refractivity contribution in [2.75, 3.05) is 27.2 Å². The van der Waals surface area contributed by atoms with Gasteiger partial charge in [0.05, 0.1) is 39.0 Å². The van der Waals surface area contributed by atoms with E-state index in [2.05, 4.69) is 36.4 Å². The van der Waals surface area contributed by atoms with E-state index in [0.717, 1.165) is 17.7 Å². The number of amides is 2. The highest BCUT2D eigenvalue weighted by Crippen LogP contribution is 2.49. The maximum Gasteiger partial charge on any atom is 0.234 e. The number of carbonyl (C=O) groups is 2. The molecule has 4 nitrogen and oxygen atoms in total. The average molecular weight is 375 g/mol. The van der Waals surface area contributed by atoms with Crippen LogP contribution < -0.4 is 4.90 Å². The molecular weight excluding hydrogens is 348 g/mol. The molecule has 2 amide bonds. The molecule has 28 heavy (non-hydrogen) atoms. The molecule has 4 rings (SSSR count). The number of allylic oxidation sites excluding steroid dienone is 2. The molecule has 2 aromatic carbocycles. The van der Waals surface area contributed by atoms with Gasteiger partial charge in [-0.2, -0.15) is 0 Å². The quantitative estimate of drug-likeness (QED) is 0.640. The third kappa shape index (κ3) is 3.29. The van der Waals surface area contributed by atoms with Crippen LogP contribution in [0.15, 0.2) is 72.8 Å². The minimum absolute atomic E-state index is 0.0182. The summed E-state index contributed by atoms with van der Waals surface area (Å²) in [6.45, 7) is 1.24. The first kappa shape index (κ1) is 18.6. The zero-order valence-corrected chi connectivity index (χ0v) is 16.4. The van der Waals surface area contributed by atoms with Crippen molar-refractivity contribution in [3.63, 3.8) is 0 Å². The van der Waals surface area contributed by atoms with Gasteiger partial charge in [0.15, 0.2) is 0 Å². The number of rotatable bonds is 5. The average Bonchev–Trinajstić information content (AvgIpc) is 2.98. The number of quaternary nitrogens is 1. The molecule has 0 saturated carbocycles. The van der Waals surface area contributed by atoms with Crippen LogP contribution in [0.3, 0.4) is 0 Å². The summed E-state index contributed by atoms with van der Waals surface area (Å²) < 4.78 is 0. The van der Waals surface area contributed by atoms with E-state index in [-0.39, 0.29) is 35.5 Å². The van der Waals surface area contributed by atoms with Crippen LogP contribution >= 0.6 is 0 Å². The van der Waals surface area contributed by atoms with E-state index in [9.17, 15) is 9.59 Å². The van der Waals surface area contributed by atoms with Crippen LogP contribution in [0, 0.1) is 11.8 Å². The van der Waals surface area contributed by atoms with Gasteiger partial charge in [0.25, 0.3) is 0 Å². The van der Waals surface area contributed by atoms with Crippen LogP contribution in [-0.2, 0) is 9.59 Å². The fraction of sp³-hybridized carbons (Fsp3) is 0.333. The molecule has 1 N–H and O–H groups in total. The lowest BCUT2D eigenvalue weighted by Gasteiger charge is -2.32. The van der Waals surface area contributed by atoms with Gasteiger partial charge in [-0.15, -0.1) is 0 Å². The Bertz CT molecular complexity index is 808. The molecule has 0 unspecified atom stereocenters. The summed E-state index contributed by atoms with van der Waals surface area (Å²) in [5.74, 6) is -0.811. The summed E-state index contributed by atoms with van der Waals surface area (Å²) in [6.07, 6.45) is 4.28. The van der Waals surface area contributed by atoms with Crippen LogP contribution in [0.25, 0.3) is 0 Å². The van der Waals surface area contributed by atoms with Crippen molar-refractivity contribution in [2.24, 2.45) is 11.8 Å². The molecule has 2 aromatic rings. The molecule has 1 fully saturated rings. The molecule has 0 radical (unpaired) electrons. The van der Waals surface area contributed by atoms with Crippen molar-refractivity contribution in [1.82, 2.24) is 4.90 Å². The second kappa shape index (κ2) is 7.72. The molecule has 0 spiro atoms. The van der Waals surface area contributed by atoms with Gasteiger partial charge >= 0.3 is 0 Å². The van der Waals surface area contributed by atoms with Gasteiger partial charge < -0.3 is 4.90 Å². The normalized spacial score (nSPS) is 26.8. The number of fused-ring (bicyclic) bond motifs is 1. The lowest BCUT2D eigenvalue weighted by atomic mass is 9.68. The Morgan fingerprint density at radius 3 is 1.57 bits per heavy atom. The molecule has 0 aromatic heterocycles. The van der Waals surface area contributed by atoms with E-state index in [0.29, 0.717) is 6.54 Å². The van der Waals surface area contributed by atoms with Gasteiger partial charge in [-0.1, -0.05) is 72.8 Å². The van der Waals surface area contributed by atoms with Crippen LogP contribution in [0.2, 0.25) is 0 Å². The van der Waals surface area contributed by atoms with E-state index < -0.39 is 0 Å². The Morgan fingerprint density at radius 1 is 0.750 bits per heavy atom. The Morgan fingerprint density at radius 2 is 1.18 bits per heavy atom. The van der Waals surface area contributed by atoms with Crippen LogP contribution in [-0.4, -0.2) is 43.9 Å². The number of hydrogen-bond acceptors (Lipinski definition) is 2. The Hall–Kier alpha value is -2.72. The summed E-state index contributed by atoms with van der Waals surface area (Å²) in [5.41, 5.74) is 2.20. The fourth-order valence-corrected chi connectivity index (χ4v) is 4.55. The topological polar surface area (TPSA) is 41.8 Å². The summed E-state index contributed by atoms with van der Waals surface area (Å²) >= 11 is 0. The first-order valence-electron chi connectivity index (χ1n) is 10.0. The van der Waals surface area contributed by atoms with Gasteiger partial charge in [-0.05, 0) is 11.1 Å². The second-order valence-electron chi connectivity index (χ2n) is 8.09. The number of hydrogen-bond donors (Lipinski definition) is 1. The Kier molecular flexibility index (Phi) is 5.14. The maximum absolute atomic E-state index is 13.4. The molecule has 1 aliphatic carbocycles. The third-order valence-electron chi connectivity index (χ3n) is 5.99. The minimum atomic E-state index is -0.331. The van der Waals surface area contributed by atoms with Crippen molar-refractivity contribution in [1.29, 1.82) is 0 Å².